The molecule has 0 aliphatic carbocycles. The van der Waals surface area contributed by atoms with Crippen molar-refractivity contribution in [3.63, 3.8) is 0 Å². The van der Waals surface area contributed by atoms with Crippen molar-refractivity contribution in [2.45, 2.75) is 13.8 Å². The predicted molar refractivity (Wildman–Crippen MR) is 59.1 cm³/mol. The van der Waals surface area contributed by atoms with Gasteiger partial charge in [-0.1, -0.05) is 23.2 Å². The van der Waals surface area contributed by atoms with Gasteiger partial charge in [0.15, 0.2) is 5.75 Å². The van der Waals surface area contributed by atoms with Crippen molar-refractivity contribution in [2.24, 2.45) is 0 Å². The Hall–Kier alpha value is -1.26. The van der Waals surface area contributed by atoms with Crippen molar-refractivity contribution < 1.29 is 19.1 Å². The molecule has 0 aliphatic rings. The van der Waals surface area contributed by atoms with E-state index >= 15 is 0 Å². The Morgan fingerprint density at radius 2 is 1.44 bits per heavy atom. The van der Waals surface area contributed by atoms with Gasteiger partial charge in [-0.2, -0.15) is 0 Å². The van der Waals surface area contributed by atoms with Crippen LogP contribution in [-0.2, 0) is 9.59 Å². The highest BCUT2D eigenvalue weighted by Crippen LogP contribution is 2.36. The molecule has 86 valence electrons. The molecule has 6 heteroatoms. The lowest BCUT2D eigenvalue weighted by molar-refractivity contribution is -0.133. The van der Waals surface area contributed by atoms with E-state index in [0.29, 0.717) is 0 Å². The van der Waals surface area contributed by atoms with Gasteiger partial charge in [-0.3, -0.25) is 9.59 Å². The highest BCUT2D eigenvalue weighted by molar-refractivity contribution is 6.37. The molecule has 0 saturated heterocycles. The zero-order valence-corrected chi connectivity index (χ0v) is 10.1. The number of hydrogen-bond donors (Lipinski definition) is 0. The van der Waals surface area contributed by atoms with Crippen molar-refractivity contribution in [3.8, 4) is 11.5 Å². The second-order valence-electron chi connectivity index (χ2n) is 2.90. The molecule has 0 aliphatic heterocycles. The normalized spacial score (nSPS) is 9.75. The molecule has 1 rings (SSSR count). The summed E-state index contributed by atoms with van der Waals surface area (Å²) < 4.78 is 9.58. The third-order valence-electron chi connectivity index (χ3n) is 1.48. The number of carbonyl (C=O) groups excluding carboxylic acids is 2. The second-order valence-corrected chi connectivity index (χ2v) is 3.72. The zero-order chi connectivity index (χ0) is 12.3. The van der Waals surface area contributed by atoms with Crippen molar-refractivity contribution in [3.05, 3.63) is 22.2 Å². The summed E-state index contributed by atoms with van der Waals surface area (Å²) in [5.41, 5.74) is 0. The van der Waals surface area contributed by atoms with Crippen LogP contribution >= 0.6 is 23.2 Å². The fourth-order valence-corrected chi connectivity index (χ4v) is 1.55. The number of hydrogen-bond acceptors (Lipinski definition) is 4. The van der Waals surface area contributed by atoms with Crippen LogP contribution in [-0.4, -0.2) is 11.9 Å². The van der Waals surface area contributed by atoms with Crippen molar-refractivity contribution in [1.29, 1.82) is 0 Å². The lowest BCUT2D eigenvalue weighted by atomic mass is 10.3. The van der Waals surface area contributed by atoms with Crippen LogP contribution in [0.5, 0.6) is 11.5 Å². The topological polar surface area (TPSA) is 52.6 Å². The molecule has 16 heavy (non-hydrogen) atoms. The van der Waals surface area contributed by atoms with Gasteiger partial charge in [0.05, 0.1) is 10.0 Å². The first-order chi connectivity index (χ1) is 7.40. The average Bonchev–Trinajstić information content (AvgIpc) is 2.10. The average molecular weight is 263 g/mol. The summed E-state index contributed by atoms with van der Waals surface area (Å²) in [6.07, 6.45) is 0. The summed E-state index contributed by atoms with van der Waals surface area (Å²) in [5.74, 6) is -0.790. The molecule has 0 spiro atoms. The summed E-state index contributed by atoms with van der Waals surface area (Å²) in [7, 11) is 0. The number of carbonyl (C=O) groups is 2. The van der Waals surface area contributed by atoms with Crippen LogP contribution in [0, 0.1) is 0 Å². The van der Waals surface area contributed by atoms with E-state index in [1.807, 2.05) is 0 Å². The molecule has 0 N–H and O–H groups in total. The quantitative estimate of drug-likeness (QED) is 0.608. The first kappa shape index (κ1) is 12.8. The zero-order valence-electron chi connectivity index (χ0n) is 8.54. The summed E-state index contributed by atoms with van der Waals surface area (Å²) in [4.78, 5) is 21.5. The van der Waals surface area contributed by atoms with Gasteiger partial charge in [0.2, 0.25) is 0 Å². The monoisotopic (exact) mass is 262 g/mol. The summed E-state index contributed by atoms with van der Waals surface area (Å²) in [5, 5.41) is 0.193. The minimum atomic E-state index is -0.538. The lowest BCUT2D eigenvalue weighted by Crippen LogP contribution is -2.04. The number of benzene rings is 1. The maximum Gasteiger partial charge on any atom is 0.308 e. The Balaban J connectivity index is 3.06. The first-order valence-corrected chi connectivity index (χ1v) is 5.01. The van der Waals surface area contributed by atoms with Crippen LogP contribution in [0.4, 0.5) is 0 Å². The van der Waals surface area contributed by atoms with E-state index in [-0.39, 0.29) is 21.5 Å². The van der Waals surface area contributed by atoms with E-state index in [1.165, 1.54) is 26.0 Å². The van der Waals surface area contributed by atoms with Gasteiger partial charge < -0.3 is 9.47 Å². The van der Waals surface area contributed by atoms with Gasteiger partial charge in [-0.25, -0.2) is 0 Å². The lowest BCUT2D eigenvalue weighted by Gasteiger charge is -2.08. The highest BCUT2D eigenvalue weighted by atomic mass is 35.5. The van der Waals surface area contributed by atoms with E-state index in [1.54, 1.807) is 0 Å². The van der Waals surface area contributed by atoms with Crippen molar-refractivity contribution in [2.75, 3.05) is 0 Å². The molecule has 0 amide bonds. The Kier molecular flexibility index (Phi) is 4.15. The molecule has 0 unspecified atom stereocenters. The van der Waals surface area contributed by atoms with Crippen LogP contribution in [0.15, 0.2) is 12.1 Å². The molecular weight excluding hydrogens is 255 g/mol. The first-order valence-electron chi connectivity index (χ1n) is 4.26. The largest absolute Gasteiger partial charge is 0.427 e. The van der Waals surface area contributed by atoms with E-state index in [9.17, 15) is 9.59 Å². The van der Waals surface area contributed by atoms with Gasteiger partial charge in [0, 0.05) is 26.0 Å². The Morgan fingerprint density at radius 3 is 1.81 bits per heavy atom. The van der Waals surface area contributed by atoms with E-state index < -0.39 is 11.9 Å². The van der Waals surface area contributed by atoms with Gasteiger partial charge in [0.25, 0.3) is 0 Å². The molecular formula is C10H8Cl2O4. The molecule has 1 aromatic carbocycles. The number of rotatable bonds is 2. The molecule has 4 nitrogen and oxygen atoms in total. The molecule has 0 saturated carbocycles. The summed E-state index contributed by atoms with van der Waals surface area (Å²) >= 11 is 11.6. The second kappa shape index (κ2) is 5.18. The van der Waals surface area contributed by atoms with Gasteiger partial charge in [0.1, 0.15) is 5.75 Å². The Bertz CT molecular complexity index is 419. The minimum absolute atomic E-state index is 0.0479. The molecule has 0 atom stereocenters. The molecule has 0 fully saturated rings. The standard InChI is InChI=1S/C10H8Cl2O4/c1-5(13)15-7-3-8(11)10(9(12)4-7)16-6(2)14/h3-4H,1-2H3. The molecule has 0 aromatic heterocycles. The Morgan fingerprint density at radius 1 is 1.00 bits per heavy atom. The van der Waals surface area contributed by atoms with Crippen LogP contribution < -0.4 is 9.47 Å². The highest BCUT2D eigenvalue weighted by Gasteiger charge is 2.13. The predicted octanol–water partition coefficient (Wildman–Crippen LogP) is 2.84. The summed E-state index contributed by atoms with van der Waals surface area (Å²) in [6.45, 7) is 2.48. The molecule has 1 aromatic rings. The fraction of sp³-hybridized carbons (Fsp3) is 0.200. The van der Waals surface area contributed by atoms with Crippen LogP contribution in [0.2, 0.25) is 10.0 Å². The van der Waals surface area contributed by atoms with E-state index in [2.05, 4.69) is 0 Å². The number of ether oxygens (including phenoxy) is 2. The smallest absolute Gasteiger partial charge is 0.308 e. The third kappa shape index (κ3) is 3.40. The SMILES string of the molecule is CC(=O)Oc1cc(Cl)c(OC(C)=O)c(Cl)c1. The van der Waals surface area contributed by atoms with Crippen LogP contribution in [0.3, 0.4) is 0 Å². The van der Waals surface area contributed by atoms with Crippen LogP contribution in [0.25, 0.3) is 0 Å². The Labute approximate surface area is 102 Å². The van der Waals surface area contributed by atoms with Gasteiger partial charge in [-0.15, -0.1) is 0 Å². The van der Waals surface area contributed by atoms with Crippen molar-refractivity contribution in [1.82, 2.24) is 0 Å². The summed E-state index contributed by atoms with van der Waals surface area (Å²) in [6, 6.07) is 2.68. The van der Waals surface area contributed by atoms with Gasteiger partial charge in [-0.05, 0) is 0 Å². The third-order valence-corrected chi connectivity index (χ3v) is 2.04. The van der Waals surface area contributed by atoms with E-state index in [4.69, 9.17) is 32.7 Å². The van der Waals surface area contributed by atoms with Crippen LogP contribution in [0.1, 0.15) is 13.8 Å². The fourth-order valence-electron chi connectivity index (χ4n) is 1.00. The maximum atomic E-state index is 10.8. The molecule has 0 radical (unpaired) electrons. The minimum Gasteiger partial charge on any atom is -0.427 e. The van der Waals surface area contributed by atoms with Crippen molar-refractivity contribution >= 4 is 35.1 Å². The van der Waals surface area contributed by atoms with Gasteiger partial charge >= 0.3 is 11.9 Å². The van der Waals surface area contributed by atoms with E-state index in [0.717, 1.165) is 0 Å². The maximum absolute atomic E-state index is 10.8. The number of halogens is 2. The number of esters is 2. The molecule has 0 heterocycles. The molecule has 0 bridgehead atoms.